The number of anilines is 1. The van der Waals surface area contributed by atoms with Crippen LogP contribution in [-0.4, -0.2) is 23.5 Å². The fraction of sp³-hybridized carbons (Fsp3) is 0.188. The predicted molar refractivity (Wildman–Crippen MR) is 86.5 cm³/mol. The molecule has 1 heterocycles. The van der Waals surface area contributed by atoms with Crippen molar-refractivity contribution in [2.75, 3.05) is 11.9 Å². The number of ether oxygens (including phenoxy) is 1. The van der Waals surface area contributed by atoms with Gasteiger partial charge in [0, 0.05) is 11.5 Å². The van der Waals surface area contributed by atoms with Crippen LogP contribution < -0.4 is 5.32 Å². The highest BCUT2D eigenvalue weighted by molar-refractivity contribution is 7.14. The second-order valence-electron chi connectivity index (χ2n) is 4.50. The molecule has 1 aromatic carbocycles. The summed E-state index contributed by atoms with van der Waals surface area (Å²) in [4.78, 5) is 27.3. The third-order valence-corrected chi connectivity index (χ3v) is 3.52. The molecule has 1 N–H and O–H groups in total. The zero-order valence-corrected chi connectivity index (χ0v) is 13.2. The van der Waals surface area contributed by atoms with Crippen molar-refractivity contribution >= 4 is 34.4 Å². The molecule has 2 rings (SSSR count). The predicted octanol–water partition coefficient (Wildman–Crippen LogP) is 3.04. The molecule has 0 atom stereocenters. The minimum absolute atomic E-state index is 0.0750. The molecular formula is C16H15FN2O3S. The van der Waals surface area contributed by atoms with E-state index >= 15 is 0 Å². The lowest BCUT2D eigenvalue weighted by molar-refractivity contribution is -0.142. The van der Waals surface area contributed by atoms with Crippen molar-refractivity contribution in [2.24, 2.45) is 0 Å². The standard InChI is InChI=1S/C16H15FN2O3S/c1-2-22-15(21)9-13-10-23-16(18-13)19-14(20)8-5-11-3-6-12(17)7-4-11/h3-8,10H,2,9H2,1H3,(H,18,19,20)/b8-5+. The monoisotopic (exact) mass is 334 g/mol. The largest absolute Gasteiger partial charge is 0.466 e. The first-order chi connectivity index (χ1) is 11.1. The van der Waals surface area contributed by atoms with Crippen LogP contribution >= 0.6 is 11.3 Å². The molecule has 0 bridgehead atoms. The molecule has 0 aliphatic rings. The van der Waals surface area contributed by atoms with Crippen LogP contribution in [0, 0.1) is 5.82 Å². The molecule has 23 heavy (non-hydrogen) atoms. The van der Waals surface area contributed by atoms with Crippen molar-refractivity contribution in [3.8, 4) is 0 Å². The van der Waals surface area contributed by atoms with Crippen molar-refractivity contribution < 1.29 is 18.7 Å². The number of amides is 1. The molecule has 0 saturated carbocycles. The van der Waals surface area contributed by atoms with Crippen LogP contribution in [0.15, 0.2) is 35.7 Å². The van der Waals surface area contributed by atoms with Gasteiger partial charge in [0.2, 0.25) is 5.91 Å². The van der Waals surface area contributed by atoms with Gasteiger partial charge in [-0.3, -0.25) is 14.9 Å². The number of carbonyl (C=O) groups excluding carboxylic acids is 2. The molecule has 0 unspecified atom stereocenters. The summed E-state index contributed by atoms with van der Waals surface area (Å²) >= 11 is 1.23. The maximum absolute atomic E-state index is 12.8. The van der Waals surface area contributed by atoms with Crippen molar-refractivity contribution in [3.05, 3.63) is 52.8 Å². The molecule has 0 spiro atoms. The number of halogens is 1. The molecule has 0 aliphatic carbocycles. The zero-order valence-electron chi connectivity index (χ0n) is 12.4. The van der Waals surface area contributed by atoms with E-state index in [0.29, 0.717) is 23.0 Å². The zero-order chi connectivity index (χ0) is 16.7. The summed E-state index contributed by atoms with van der Waals surface area (Å²) in [5, 5.41) is 4.70. The van der Waals surface area contributed by atoms with E-state index in [4.69, 9.17) is 4.74 Å². The van der Waals surface area contributed by atoms with Gasteiger partial charge in [-0.25, -0.2) is 9.37 Å². The summed E-state index contributed by atoms with van der Waals surface area (Å²) in [6.45, 7) is 2.05. The van der Waals surface area contributed by atoms with Crippen molar-refractivity contribution in [1.29, 1.82) is 0 Å². The summed E-state index contributed by atoms with van der Waals surface area (Å²) in [6, 6.07) is 5.78. The number of hydrogen-bond acceptors (Lipinski definition) is 5. The first-order valence-corrected chi connectivity index (χ1v) is 7.79. The average Bonchev–Trinajstić information content (AvgIpc) is 2.94. The van der Waals surface area contributed by atoms with Gasteiger partial charge in [0.25, 0.3) is 0 Å². The number of nitrogens with one attached hydrogen (secondary N) is 1. The second-order valence-corrected chi connectivity index (χ2v) is 5.36. The first kappa shape index (κ1) is 16.8. The summed E-state index contributed by atoms with van der Waals surface area (Å²) in [5.74, 6) is -1.04. The smallest absolute Gasteiger partial charge is 0.311 e. The quantitative estimate of drug-likeness (QED) is 0.651. The highest BCUT2D eigenvalue weighted by Crippen LogP contribution is 2.16. The Bertz CT molecular complexity index is 710. The van der Waals surface area contributed by atoms with E-state index in [2.05, 4.69) is 10.3 Å². The number of esters is 1. The van der Waals surface area contributed by atoms with Crippen LogP contribution in [0.4, 0.5) is 9.52 Å². The van der Waals surface area contributed by atoms with Gasteiger partial charge in [-0.15, -0.1) is 11.3 Å². The lowest BCUT2D eigenvalue weighted by atomic mass is 10.2. The number of hydrogen-bond donors (Lipinski definition) is 1. The summed E-state index contributed by atoms with van der Waals surface area (Å²) in [5.41, 5.74) is 1.26. The normalized spacial score (nSPS) is 10.7. The van der Waals surface area contributed by atoms with Crippen LogP contribution in [0.25, 0.3) is 6.08 Å². The summed E-state index contributed by atoms with van der Waals surface area (Å²) in [6.07, 6.45) is 2.98. The Hall–Kier alpha value is -2.54. The topological polar surface area (TPSA) is 68.3 Å². The van der Waals surface area contributed by atoms with Gasteiger partial charge in [0.15, 0.2) is 5.13 Å². The number of carbonyl (C=O) groups is 2. The Balaban J connectivity index is 1.89. The van der Waals surface area contributed by atoms with E-state index in [1.54, 1.807) is 30.5 Å². The summed E-state index contributed by atoms with van der Waals surface area (Å²) in [7, 11) is 0. The van der Waals surface area contributed by atoms with Gasteiger partial charge in [0.05, 0.1) is 18.7 Å². The molecule has 0 fully saturated rings. The Morgan fingerprint density at radius 3 is 2.78 bits per heavy atom. The van der Waals surface area contributed by atoms with Crippen LogP contribution in [0.1, 0.15) is 18.2 Å². The van der Waals surface area contributed by atoms with Crippen LogP contribution in [0.2, 0.25) is 0 Å². The molecule has 0 aliphatic heterocycles. The van der Waals surface area contributed by atoms with Gasteiger partial charge in [-0.05, 0) is 30.7 Å². The molecule has 0 radical (unpaired) electrons. The Kier molecular flexibility index (Phi) is 5.99. The van der Waals surface area contributed by atoms with Gasteiger partial charge in [0.1, 0.15) is 5.82 Å². The lowest BCUT2D eigenvalue weighted by Gasteiger charge is -1.98. The fourth-order valence-corrected chi connectivity index (χ4v) is 2.41. The van der Waals surface area contributed by atoms with E-state index in [1.807, 2.05) is 0 Å². The molecular weight excluding hydrogens is 319 g/mol. The third kappa shape index (κ3) is 5.63. The SMILES string of the molecule is CCOC(=O)Cc1csc(NC(=O)/C=C/c2ccc(F)cc2)n1. The maximum Gasteiger partial charge on any atom is 0.311 e. The highest BCUT2D eigenvalue weighted by atomic mass is 32.1. The fourth-order valence-electron chi connectivity index (χ4n) is 1.70. The maximum atomic E-state index is 12.8. The van der Waals surface area contributed by atoms with Crippen molar-refractivity contribution in [1.82, 2.24) is 4.98 Å². The highest BCUT2D eigenvalue weighted by Gasteiger charge is 2.09. The molecule has 2 aromatic rings. The first-order valence-electron chi connectivity index (χ1n) is 6.91. The van der Waals surface area contributed by atoms with Crippen LogP contribution in [0.5, 0.6) is 0 Å². The minimum Gasteiger partial charge on any atom is -0.466 e. The molecule has 0 saturated heterocycles. The molecule has 1 aromatic heterocycles. The lowest BCUT2D eigenvalue weighted by Crippen LogP contribution is -2.09. The number of thiazole rings is 1. The second kappa shape index (κ2) is 8.19. The Morgan fingerprint density at radius 1 is 1.35 bits per heavy atom. The third-order valence-electron chi connectivity index (χ3n) is 2.71. The van der Waals surface area contributed by atoms with Gasteiger partial charge in [-0.1, -0.05) is 12.1 Å². The molecule has 5 nitrogen and oxygen atoms in total. The van der Waals surface area contributed by atoms with E-state index in [-0.39, 0.29) is 24.1 Å². The van der Waals surface area contributed by atoms with Gasteiger partial charge < -0.3 is 4.74 Å². The van der Waals surface area contributed by atoms with Crippen molar-refractivity contribution in [3.63, 3.8) is 0 Å². The van der Waals surface area contributed by atoms with Crippen LogP contribution in [0.3, 0.4) is 0 Å². The van der Waals surface area contributed by atoms with E-state index < -0.39 is 0 Å². The number of nitrogens with zero attached hydrogens (tertiary/aromatic N) is 1. The molecule has 1 amide bonds. The van der Waals surface area contributed by atoms with Crippen molar-refractivity contribution in [2.45, 2.75) is 13.3 Å². The van der Waals surface area contributed by atoms with E-state index in [9.17, 15) is 14.0 Å². The number of aromatic nitrogens is 1. The summed E-state index contributed by atoms with van der Waals surface area (Å²) < 4.78 is 17.6. The van der Waals surface area contributed by atoms with Gasteiger partial charge >= 0.3 is 5.97 Å². The average molecular weight is 334 g/mol. The van der Waals surface area contributed by atoms with Gasteiger partial charge in [-0.2, -0.15) is 0 Å². The van der Waals surface area contributed by atoms with Crippen LogP contribution in [-0.2, 0) is 20.7 Å². The Morgan fingerprint density at radius 2 is 2.09 bits per heavy atom. The number of benzene rings is 1. The Labute approximate surface area is 136 Å². The van der Waals surface area contributed by atoms with E-state index in [1.165, 1.54) is 29.5 Å². The molecule has 120 valence electrons. The number of rotatable bonds is 6. The molecule has 7 heteroatoms. The van der Waals surface area contributed by atoms with E-state index in [0.717, 1.165) is 0 Å². The minimum atomic E-state index is -0.355.